The van der Waals surface area contributed by atoms with Gasteiger partial charge in [0.25, 0.3) is 0 Å². The van der Waals surface area contributed by atoms with Gasteiger partial charge < -0.3 is 20.2 Å². The number of rotatable bonds is 5. The standard InChI is InChI=1S/C13H23N3O4/c1-4-15(5-2)10(17)8-14-13(20)16-7-6-9(3)11(16)12(18)19/h9,11H,4-8H2,1-3H3,(H,14,20)(H,18,19). The van der Waals surface area contributed by atoms with E-state index in [1.165, 1.54) is 4.90 Å². The molecule has 0 radical (unpaired) electrons. The number of carboxylic acid groups (broad SMARTS) is 1. The van der Waals surface area contributed by atoms with Gasteiger partial charge in [0, 0.05) is 19.6 Å². The predicted molar refractivity (Wildman–Crippen MR) is 73.2 cm³/mol. The van der Waals surface area contributed by atoms with Gasteiger partial charge in [-0.1, -0.05) is 6.92 Å². The van der Waals surface area contributed by atoms with E-state index in [0.717, 1.165) is 0 Å². The number of nitrogens with one attached hydrogen (secondary N) is 1. The van der Waals surface area contributed by atoms with Crippen molar-refractivity contribution in [3.63, 3.8) is 0 Å². The van der Waals surface area contributed by atoms with Crippen LogP contribution < -0.4 is 5.32 Å². The lowest BCUT2D eigenvalue weighted by Crippen LogP contribution is -2.50. The number of carbonyl (C=O) groups excluding carboxylic acids is 2. The molecule has 0 spiro atoms. The van der Waals surface area contributed by atoms with Crippen molar-refractivity contribution in [1.29, 1.82) is 0 Å². The third kappa shape index (κ3) is 3.61. The van der Waals surface area contributed by atoms with E-state index in [9.17, 15) is 14.4 Å². The van der Waals surface area contributed by atoms with Gasteiger partial charge in [0.2, 0.25) is 5.91 Å². The van der Waals surface area contributed by atoms with Gasteiger partial charge in [-0.15, -0.1) is 0 Å². The molecule has 7 nitrogen and oxygen atoms in total. The predicted octanol–water partition coefficient (Wildman–Crippen LogP) is 0.359. The van der Waals surface area contributed by atoms with E-state index in [0.29, 0.717) is 26.1 Å². The van der Waals surface area contributed by atoms with E-state index >= 15 is 0 Å². The molecular formula is C13H23N3O4. The molecule has 2 unspecified atom stereocenters. The van der Waals surface area contributed by atoms with E-state index in [4.69, 9.17) is 5.11 Å². The van der Waals surface area contributed by atoms with Gasteiger partial charge in [0.05, 0.1) is 6.54 Å². The topological polar surface area (TPSA) is 90.0 Å². The highest BCUT2D eigenvalue weighted by Gasteiger charge is 2.39. The molecule has 3 amide bonds. The van der Waals surface area contributed by atoms with Crippen LogP contribution in [0.2, 0.25) is 0 Å². The maximum atomic E-state index is 12.0. The minimum Gasteiger partial charge on any atom is -0.480 e. The Hall–Kier alpha value is -1.79. The number of amides is 3. The van der Waals surface area contributed by atoms with Crippen LogP contribution >= 0.6 is 0 Å². The fraction of sp³-hybridized carbons (Fsp3) is 0.769. The molecule has 1 heterocycles. The number of likely N-dealkylation sites (tertiary alicyclic amines) is 1. The third-order valence-corrected chi connectivity index (χ3v) is 3.72. The Morgan fingerprint density at radius 2 is 1.90 bits per heavy atom. The first kappa shape index (κ1) is 16.3. The summed E-state index contributed by atoms with van der Waals surface area (Å²) >= 11 is 0. The van der Waals surface area contributed by atoms with Gasteiger partial charge >= 0.3 is 12.0 Å². The molecule has 0 aromatic rings. The summed E-state index contributed by atoms with van der Waals surface area (Å²) in [5.74, 6) is -1.24. The number of likely N-dealkylation sites (N-methyl/N-ethyl adjacent to an activating group) is 1. The highest BCUT2D eigenvalue weighted by atomic mass is 16.4. The van der Waals surface area contributed by atoms with Crippen molar-refractivity contribution in [3.05, 3.63) is 0 Å². The average Bonchev–Trinajstić information content (AvgIpc) is 2.79. The molecule has 7 heteroatoms. The quantitative estimate of drug-likeness (QED) is 0.763. The van der Waals surface area contributed by atoms with Crippen LogP contribution in [-0.2, 0) is 9.59 Å². The molecule has 20 heavy (non-hydrogen) atoms. The lowest BCUT2D eigenvalue weighted by atomic mass is 10.0. The van der Waals surface area contributed by atoms with Crippen LogP contribution in [0.1, 0.15) is 27.2 Å². The second kappa shape index (κ2) is 7.12. The number of hydrogen-bond acceptors (Lipinski definition) is 3. The fourth-order valence-electron chi connectivity index (χ4n) is 2.49. The summed E-state index contributed by atoms with van der Waals surface area (Å²) < 4.78 is 0. The number of aliphatic carboxylic acids is 1. The highest BCUT2D eigenvalue weighted by Crippen LogP contribution is 2.23. The highest BCUT2D eigenvalue weighted by molar-refractivity contribution is 5.87. The summed E-state index contributed by atoms with van der Waals surface area (Å²) in [6.07, 6.45) is 0.661. The maximum Gasteiger partial charge on any atom is 0.326 e. The number of carboxylic acids is 1. The van der Waals surface area contributed by atoms with Crippen molar-refractivity contribution >= 4 is 17.9 Å². The first-order valence-corrected chi connectivity index (χ1v) is 6.97. The Balaban J connectivity index is 2.55. The maximum absolute atomic E-state index is 12.0. The first-order valence-electron chi connectivity index (χ1n) is 6.97. The first-order chi connectivity index (χ1) is 9.42. The SMILES string of the molecule is CCN(CC)C(=O)CNC(=O)N1CCC(C)C1C(=O)O. The van der Waals surface area contributed by atoms with E-state index in [-0.39, 0.29) is 18.4 Å². The molecule has 2 N–H and O–H groups in total. The summed E-state index contributed by atoms with van der Waals surface area (Å²) in [6.45, 7) is 7.03. The Morgan fingerprint density at radius 1 is 1.30 bits per heavy atom. The Kier molecular flexibility index (Phi) is 5.79. The number of urea groups is 1. The Bertz CT molecular complexity index is 382. The van der Waals surface area contributed by atoms with Crippen LogP contribution in [-0.4, -0.2) is 65.0 Å². The summed E-state index contributed by atoms with van der Waals surface area (Å²) in [7, 11) is 0. The van der Waals surface area contributed by atoms with Crippen LogP contribution in [0.4, 0.5) is 4.79 Å². The van der Waals surface area contributed by atoms with Gasteiger partial charge in [-0.05, 0) is 26.2 Å². The average molecular weight is 285 g/mol. The minimum atomic E-state index is -1.000. The van der Waals surface area contributed by atoms with Crippen molar-refractivity contribution < 1.29 is 19.5 Å². The molecule has 1 aliphatic heterocycles. The molecule has 1 rings (SSSR count). The van der Waals surface area contributed by atoms with Crippen molar-refractivity contribution in [2.75, 3.05) is 26.2 Å². The van der Waals surface area contributed by atoms with Crippen LogP contribution in [0.5, 0.6) is 0 Å². The number of nitrogens with zero attached hydrogens (tertiary/aromatic N) is 2. The van der Waals surface area contributed by atoms with Gasteiger partial charge in [0.1, 0.15) is 6.04 Å². The second-order valence-corrected chi connectivity index (χ2v) is 4.97. The van der Waals surface area contributed by atoms with Gasteiger partial charge in [-0.3, -0.25) is 4.79 Å². The zero-order chi connectivity index (χ0) is 15.3. The number of hydrogen-bond donors (Lipinski definition) is 2. The van der Waals surface area contributed by atoms with Crippen molar-refractivity contribution in [1.82, 2.24) is 15.1 Å². The van der Waals surface area contributed by atoms with Crippen LogP contribution in [0.3, 0.4) is 0 Å². The summed E-state index contributed by atoms with van der Waals surface area (Å²) in [6, 6.07) is -1.29. The molecule has 1 fully saturated rings. The third-order valence-electron chi connectivity index (χ3n) is 3.72. The van der Waals surface area contributed by atoms with Crippen LogP contribution in [0.15, 0.2) is 0 Å². The molecule has 0 aliphatic carbocycles. The largest absolute Gasteiger partial charge is 0.480 e. The van der Waals surface area contributed by atoms with E-state index in [1.54, 1.807) is 4.90 Å². The molecule has 0 bridgehead atoms. The van der Waals surface area contributed by atoms with Crippen LogP contribution in [0, 0.1) is 5.92 Å². The van der Waals surface area contributed by atoms with Crippen molar-refractivity contribution in [2.45, 2.75) is 33.2 Å². The van der Waals surface area contributed by atoms with Crippen molar-refractivity contribution in [2.24, 2.45) is 5.92 Å². The van der Waals surface area contributed by atoms with E-state index in [2.05, 4.69) is 5.32 Å². The smallest absolute Gasteiger partial charge is 0.326 e. The molecule has 1 aliphatic rings. The number of carbonyl (C=O) groups is 3. The fourth-order valence-corrected chi connectivity index (χ4v) is 2.49. The second-order valence-electron chi connectivity index (χ2n) is 4.97. The molecule has 0 aromatic heterocycles. The normalized spacial score (nSPS) is 21.6. The lowest BCUT2D eigenvalue weighted by Gasteiger charge is -2.24. The monoisotopic (exact) mass is 285 g/mol. The van der Waals surface area contributed by atoms with Gasteiger partial charge in [-0.2, -0.15) is 0 Å². The zero-order valence-corrected chi connectivity index (χ0v) is 12.3. The van der Waals surface area contributed by atoms with E-state index in [1.807, 2.05) is 20.8 Å². The Labute approximate surface area is 118 Å². The van der Waals surface area contributed by atoms with Gasteiger partial charge in [-0.25, -0.2) is 9.59 Å². The van der Waals surface area contributed by atoms with Gasteiger partial charge in [0.15, 0.2) is 0 Å². The van der Waals surface area contributed by atoms with E-state index < -0.39 is 18.0 Å². The molecule has 114 valence electrons. The molecule has 1 saturated heterocycles. The van der Waals surface area contributed by atoms with Crippen molar-refractivity contribution in [3.8, 4) is 0 Å². The zero-order valence-electron chi connectivity index (χ0n) is 12.3. The molecule has 0 aromatic carbocycles. The summed E-state index contributed by atoms with van der Waals surface area (Å²) in [4.78, 5) is 37.8. The Morgan fingerprint density at radius 3 is 2.40 bits per heavy atom. The lowest BCUT2D eigenvalue weighted by molar-refractivity contribution is -0.142. The minimum absolute atomic E-state index is 0.0725. The van der Waals surface area contributed by atoms with Crippen LogP contribution in [0.25, 0.3) is 0 Å². The molecule has 2 atom stereocenters. The summed E-state index contributed by atoms with van der Waals surface area (Å²) in [5, 5.41) is 11.7. The molecular weight excluding hydrogens is 262 g/mol. The summed E-state index contributed by atoms with van der Waals surface area (Å²) in [5.41, 5.74) is 0. The molecule has 0 saturated carbocycles.